The highest BCUT2D eigenvalue weighted by atomic mass is 19.4. The van der Waals surface area contributed by atoms with E-state index in [0.717, 1.165) is 6.07 Å². The van der Waals surface area contributed by atoms with E-state index in [2.05, 4.69) is 5.32 Å². The first kappa shape index (κ1) is 21.5. The minimum absolute atomic E-state index is 0.0691. The molecule has 7 heteroatoms. The standard InChI is InChI=1S/C20H29F3N2O2/c1-19(2,3)27-18(26)25-11-9-14(10-12-25)16(13-24-4)15-7-5-6-8-17(15)20(21,22)23/h5-8,14,16,24H,9-13H2,1-4H3. The molecule has 1 aliphatic heterocycles. The number of likely N-dealkylation sites (tertiary alicyclic amines) is 1. The van der Waals surface area contributed by atoms with Crippen LogP contribution in [0.2, 0.25) is 0 Å². The number of ether oxygens (including phenoxy) is 1. The molecule has 1 heterocycles. The molecule has 1 saturated heterocycles. The molecule has 0 saturated carbocycles. The van der Waals surface area contributed by atoms with E-state index in [1.165, 1.54) is 6.07 Å². The number of nitrogens with zero attached hydrogens (tertiary/aromatic N) is 1. The molecule has 1 fully saturated rings. The SMILES string of the molecule is CNCC(c1ccccc1C(F)(F)F)C1CCN(C(=O)OC(C)(C)C)CC1. The van der Waals surface area contributed by atoms with Crippen LogP contribution in [0.3, 0.4) is 0 Å². The van der Waals surface area contributed by atoms with Crippen LogP contribution >= 0.6 is 0 Å². The van der Waals surface area contributed by atoms with Crippen LogP contribution in [0, 0.1) is 5.92 Å². The summed E-state index contributed by atoms with van der Waals surface area (Å²) in [4.78, 5) is 13.9. The van der Waals surface area contributed by atoms with Crippen LogP contribution in [0.5, 0.6) is 0 Å². The Morgan fingerprint density at radius 1 is 1.22 bits per heavy atom. The van der Waals surface area contributed by atoms with Gasteiger partial charge < -0.3 is 15.0 Å². The van der Waals surface area contributed by atoms with Crippen molar-refractivity contribution < 1.29 is 22.7 Å². The summed E-state index contributed by atoms with van der Waals surface area (Å²) >= 11 is 0. The van der Waals surface area contributed by atoms with Gasteiger partial charge in [-0.3, -0.25) is 0 Å². The van der Waals surface area contributed by atoms with E-state index in [0.29, 0.717) is 38.0 Å². The molecular formula is C20H29F3N2O2. The number of carbonyl (C=O) groups excluding carboxylic acids is 1. The van der Waals surface area contributed by atoms with Crippen LogP contribution < -0.4 is 5.32 Å². The van der Waals surface area contributed by atoms with Crippen molar-refractivity contribution in [3.8, 4) is 0 Å². The fraction of sp³-hybridized carbons (Fsp3) is 0.650. The van der Waals surface area contributed by atoms with Crippen molar-refractivity contribution in [2.24, 2.45) is 5.92 Å². The van der Waals surface area contributed by atoms with Crippen molar-refractivity contribution in [3.63, 3.8) is 0 Å². The Balaban J connectivity index is 2.13. The summed E-state index contributed by atoms with van der Waals surface area (Å²) in [6, 6.07) is 5.80. The highest BCUT2D eigenvalue weighted by Crippen LogP contribution is 2.40. The number of alkyl halides is 3. The molecule has 1 aromatic rings. The number of piperidine rings is 1. The van der Waals surface area contributed by atoms with Crippen molar-refractivity contribution in [1.82, 2.24) is 10.2 Å². The zero-order valence-corrected chi connectivity index (χ0v) is 16.4. The van der Waals surface area contributed by atoms with Crippen molar-refractivity contribution >= 4 is 6.09 Å². The van der Waals surface area contributed by atoms with E-state index in [9.17, 15) is 18.0 Å². The van der Waals surface area contributed by atoms with Gasteiger partial charge in [-0.2, -0.15) is 13.2 Å². The molecule has 1 unspecified atom stereocenters. The van der Waals surface area contributed by atoms with E-state index < -0.39 is 17.3 Å². The smallest absolute Gasteiger partial charge is 0.416 e. The van der Waals surface area contributed by atoms with Gasteiger partial charge in [0.1, 0.15) is 5.60 Å². The summed E-state index contributed by atoms with van der Waals surface area (Å²) < 4.78 is 45.8. The molecule has 27 heavy (non-hydrogen) atoms. The Labute approximate surface area is 159 Å². The molecule has 0 bridgehead atoms. The van der Waals surface area contributed by atoms with E-state index in [-0.39, 0.29) is 17.9 Å². The molecule has 1 atom stereocenters. The second kappa shape index (κ2) is 8.50. The van der Waals surface area contributed by atoms with Gasteiger partial charge in [-0.25, -0.2) is 4.79 Å². The second-order valence-electron chi connectivity index (χ2n) is 8.05. The number of nitrogens with one attached hydrogen (secondary N) is 1. The van der Waals surface area contributed by atoms with Crippen LogP contribution in [0.1, 0.15) is 50.7 Å². The molecule has 0 radical (unpaired) electrons. The predicted molar refractivity (Wildman–Crippen MR) is 98.6 cm³/mol. The maximum Gasteiger partial charge on any atom is 0.416 e. The second-order valence-corrected chi connectivity index (χ2v) is 8.05. The summed E-state index contributed by atoms with van der Waals surface area (Å²) in [5.41, 5.74) is -0.802. The molecule has 0 aliphatic carbocycles. The lowest BCUT2D eigenvalue weighted by Gasteiger charge is -2.37. The first-order chi connectivity index (χ1) is 12.5. The Bertz CT molecular complexity index is 633. The minimum atomic E-state index is -4.38. The van der Waals surface area contributed by atoms with Crippen molar-refractivity contribution in [2.75, 3.05) is 26.7 Å². The summed E-state index contributed by atoms with van der Waals surface area (Å²) in [6.45, 7) is 6.89. The number of carbonyl (C=O) groups is 1. The number of halogens is 3. The highest BCUT2D eigenvalue weighted by molar-refractivity contribution is 5.68. The summed E-state index contributed by atoms with van der Waals surface area (Å²) in [5.74, 6) is -0.187. The average molecular weight is 386 g/mol. The van der Waals surface area contributed by atoms with Gasteiger partial charge in [-0.15, -0.1) is 0 Å². The first-order valence-corrected chi connectivity index (χ1v) is 9.31. The molecule has 0 spiro atoms. The Morgan fingerprint density at radius 2 is 1.81 bits per heavy atom. The quantitative estimate of drug-likeness (QED) is 0.819. The third-order valence-corrected chi connectivity index (χ3v) is 4.85. The Hall–Kier alpha value is -1.76. The van der Waals surface area contributed by atoms with Gasteiger partial charge in [0.05, 0.1) is 5.56 Å². The lowest BCUT2D eigenvalue weighted by Crippen LogP contribution is -2.43. The molecule has 1 aliphatic rings. The number of benzene rings is 1. The van der Waals surface area contributed by atoms with Crippen LogP contribution in [0.15, 0.2) is 24.3 Å². The topological polar surface area (TPSA) is 41.6 Å². The third-order valence-electron chi connectivity index (χ3n) is 4.85. The van der Waals surface area contributed by atoms with Gasteiger partial charge in [-0.05, 0) is 64.1 Å². The molecule has 1 aromatic carbocycles. The fourth-order valence-electron chi connectivity index (χ4n) is 3.64. The molecule has 152 valence electrons. The summed E-state index contributed by atoms with van der Waals surface area (Å²) in [6.07, 6.45) is -3.43. The van der Waals surface area contributed by atoms with Crippen molar-refractivity contribution in [1.29, 1.82) is 0 Å². The van der Waals surface area contributed by atoms with Crippen LogP contribution in [0.25, 0.3) is 0 Å². The van der Waals surface area contributed by atoms with Gasteiger partial charge >= 0.3 is 12.3 Å². The van der Waals surface area contributed by atoms with E-state index >= 15 is 0 Å². The van der Waals surface area contributed by atoms with Crippen LogP contribution in [-0.2, 0) is 10.9 Å². The largest absolute Gasteiger partial charge is 0.444 e. The molecular weight excluding hydrogens is 357 g/mol. The van der Waals surface area contributed by atoms with Crippen LogP contribution in [0.4, 0.5) is 18.0 Å². The molecule has 1 N–H and O–H groups in total. The third kappa shape index (κ3) is 5.86. The normalized spacial score (nSPS) is 17.7. The highest BCUT2D eigenvalue weighted by Gasteiger charge is 2.38. The summed E-state index contributed by atoms with van der Waals surface area (Å²) in [5, 5.41) is 3.03. The average Bonchev–Trinajstić information content (AvgIpc) is 2.58. The maximum absolute atomic E-state index is 13.5. The van der Waals surface area contributed by atoms with E-state index in [4.69, 9.17) is 4.74 Å². The van der Waals surface area contributed by atoms with Gasteiger partial charge in [0.2, 0.25) is 0 Å². The zero-order valence-electron chi connectivity index (χ0n) is 16.4. The first-order valence-electron chi connectivity index (χ1n) is 9.31. The van der Waals surface area contributed by atoms with Gasteiger partial charge in [0, 0.05) is 19.6 Å². The number of amides is 1. The lowest BCUT2D eigenvalue weighted by molar-refractivity contribution is -0.138. The van der Waals surface area contributed by atoms with Gasteiger partial charge in [0.25, 0.3) is 0 Å². The van der Waals surface area contributed by atoms with Gasteiger partial charge in [0.15, 0.2) is 0 Å². The van der Waals surface area contributed by atoms with Crippen LogP contribution in [-0.4, -0.2) is 43.3 Å². The predicted octanol–water partition coefficient (Wildman–Crippen LogP) is 4.66. The van der Waals surface area contributed by atoms with Gasteiger partial charge in [-0.1, -0.05) is 18.2 Å². The maximum atomic E-state index is 13.5. The fourth-order valence-corrected chi connectivity index (χ4v) is 3.64. The number of likely N-dealkylation sites (N-methyl/N-ethyl adjacent to an activating group) is 1. The molecule has 0 aromatic heterocycles. The Morgan fingerprint density at radius 3 is 2.33 bits per heavy atom. The Kier molecular flexibility index (Phi) is 6.78. The summed E-state index contributed by atoms with van der Waals surface area (Å²) in [7, 11) is 1.75. The number of hydrogen-bond acceptors (Lipinski definition) is 3. The van der Waals surface area contributed by atoms with E-state index in [1.54, 1.807) is 24.1 Å². The van der Waals surface area contributed by atoms with Crippen molar-refractivity contribution in [3.05, 3.63) is 35.4 Å². The van der Waals surface area contributed by atoms with E-state index in [1.807, 2.05) is 20.8 Å². The molecule has 1 amide bonds. The molecule has 2 rings (SSSR count). The molecule has 4 nitrogen and oxygen atoms in total. The lowest BCUT2D eigenvalue weighted by atomic mass is 9.78. The number of rotatable bonds is 4. The zero-order chi connectivity index (χ0) is 20.2. The monoisotopic (exact) mass is 386 g/mol. The minimum Gasteiger partial charge on any atom is -0.444 e. The van der Waals surface area contributed by atoms with Crippen molar-refractivity contribution in [2.45, 2.75) is 51.3 Å². The number of hydrogen-bond donors (Lipinski definition) is 1.